The van der Waals surface area contributed by atoms with Crippen molar-refractivity contribution in [2.45, 2.75) is 44.9 Å². The molecule has 0 aromatic rings. The van der Waals surface area contributed by atoms with Gasteiger partial charge in [-0.15, -0.1) is 4.39 Å². The SMILES string of the molecule is CC(C)(C)S(C)(C)OF.CCC(CO)N1CCS(=O)CC1. The van der Waals surface area contributed by atoms with E-state index < -0.39 is 21.1 Å². The molecule has 130 valence electrons. The third-order valence-corrected chi connectivity index (χ3v) is 8.58. The molecule has 0 radical (unpaired) electrons. The van der Waals surface area contributed by atoms with E-state index in [2.05, 4.69) is 16.2 Å². The van der Waals surface area contributed by atoms with Crippen molar-refractivity contribution in [3.05, 3.63) is 0 Å². The first-order valence-electron chi connectivity index (χ1n) is 7.32. The summed E-state index contributed by atoms with van der Waals surface area (Å²) < 4.78 is 26.7. The van der Waals surface area contributed by atoms with Crippen LogP contribution in [0.15, 0.2) is 0 Å². The highest BCUT2D eigenvalue weighted by molar-refractivity contribution is 8.29. The van der Waals surface area contributed by atoms with Gasteiger partial charge in [0.15, 0.2) is 0 Å². The molecule has 0 bridgehead atoms. The van der Waals surface area contributed by atoms with E-state index in [1.165, 1.54) is 0 Å². The lowest BCUT2D eigenvalue weighted by molar-refractivity contribution is 0.0117. The molecule has 1 aliphatic rings. The summed E-state index contributed by atoms with van der Waals surface area (Å²) in [6.45, 7) is 9.98. The van der Waals surface area contributed by atoms with E-state index in [-0.39, 0.29) is 17.4 Å². The maximum atomic E-state index is 11.8. The predicted octanol–water partition coefficient (Wildman–Crippen LogP) is 2.49. The number of nitrogens with zero attached hydrogens (tertiary/aromatic N) is 1. The van der Waals surface area contributed by atoms with Crippen molar-refractivity contribution in [2.24, 2.45) is 0 Å². The van der Waals surface area contributed by atoms with Crippen molar-refractivity contribution < 1.29 is 18.2 Å². The maximum absolute atomic E-state index is 11.8. The molecule has 1 N–H and O–H groups in total. The average molecular weight is 346 g/mol. The van der Waals surface area contributed by atoms with Crippen molar-refractivity contribution >= 4 is 21.1 Å². The van der Waals surface area contributed by atoms with Crippen molar-refractivity contribution in [1.29, 1.82) is 0 Å². The molecule has 0 amide bonds. The smallest absolute Gasteiger partial charge is 0.0586 e. The second kappa shape index (κ2) is 9.45. The molecule has 0 spiro atoms. The fourth-order valence-corrected chi connectivity index (χ4v) is 2.88. The van der Waals surface area contributed by atoms with Crippen molar-refractivity contribution in [2.75, 3.05) is 43.7 Å². The molecule has 1 atom stereocenters. The van der Waals surface area contributed by atoms with E-state index in [9.17, 15) is 8.74 Å². The Morgan fingerprint density at radius 2 is 1.81 bits per heavy atom. The molecule has 4 nitrogen and oxygen atoms in total. The Kier molecular flexibility index (Phi) is 9.59. The standard InChI is InChI=1S/C8H17NO2S.C6H15FOS/c1-2-8(7-10)9-3-5-12(11)6-4-9;1-6(2,3)9(4,5)8-7/h8,10H,2-7H2,1H3;1-5H3. The van der Waals surface area contributed by atoms with Gasteiger partial charge >= 0.3 is 0 Å². The first-order valence-corrected chi connectivity index (χ1v) is 11.2. The van der Waals surface area contributed by atoms with Crippen LogP contribution in [0.25, 0.3) is 0 Å². The van der Waals surface area contributed by atoms with Gasteiger partial charge in [-0.05, 0) is 23.5 Å². The van der Waals surface area contributed by atoms with Gasteiger partial charge in [0.25, 0.3) is 0 Å². The molecule has 1 aliphatic heterocycles. The Labute approximate surface area is 133 Å². The third-order valence-electron chi connectivity index (χ3n) is 4.04. The lowest BCUT2D eigenvalue weighted by Crippen LogP contribution is -2.45. The zero-order chi connectivity index (χ0) is 16.7. The lowest BCUT2D eigenvalue weighted by Gasteiger charge is -2.38. The van der Waals surface area contributed by atoms with Crippen LogP contribution >= 0.6 is 10.3 Å². The summed E-state index contributed by atoms with van der Waals surface area (Å²) in [4.78, 5) is 2.24. The minimum Gasteiger partial charge on any atom is -0.395 e. The molecule has 0 saturated carbocycles. The van der Waals surface area contributed by atoms with Crippen LogP contribution in [0.1, 0.15) is 34.1 Å². The maximum Gasteiger partial charge on any atom is 0.0586 e. The first kappa shape index (κ1) is 21.3. The summed E-state index contributed by atoms with van der Waals surface area (Å²) in [6.07, 6.45) is 4.60. The molecule has 0 aromatic heterocycles. The van der Waals surface area contributed by atoms with Gasteiger partial charge < -0.3 is 5.11 Å². The lowest BCUT2D eigenvalue weighted by atomic mass is 10.2. The van der Waals surface area contributed by atoms with Crippen LogP contribution in [-0.2, 0) is 15.2 Å². The van der Waals surface area contributed by atoms with Crippen molar-refractivity contribution in [1.82, 2.24) is 4.90 Å². The second-order valence-corrected chi connectivity index (χ2v) is 12.1. The second-order valence-electron chi connectivity index (χ2n) is 6.54. The molecule has 1 heterocycles. The number of halogens is 1. The van der Waals surface area contributed by atoms with E-state index >= 15 is 0 Å². The van der Waals surface area contributed by atoms with Gasteiger partial charge in [0.05, 0.1) is 6.61 Å². The Balaban J connectivity index is 0.000000400. The Hall–Kier alpha value is 0.310. The molecule has 1 rings (SSSR count). The molecule has 7 heteroatoms. The Morgan fingerprint density at radius 3 is 2.05 bits per heavy atom. The number of aliphatic hydroxyl groups is 1. The largest absolute Gasteiger partial charge is 0.395 e. The van der Waals surface area contributed by atoms with E-state index in [0.717, 1.165) is 31.0 Å². The third kappa shape index (κ3) is 7.41. The minimum absolute atomic E-state index is 0.0677. The van der Waals surface area contributed by atoms with Crippen LogP contribution in [0.3, 0.4) is 0 Å². The van der Waals surface area contributed by atoms with Gasteiger partial charge in [-0.2, -0.15) is 0 Å². The van der Waals surface area contributed by atoms with E-state index in [0.29, 0.717) is 0 Å². The van der Waals surface area contributed by atoms with E-state index in [1.807, 2.05) is 33.3 Å². The van der Waals surface area contributed by atoms with Crippen LogP contribution in [0.5, 0.6) is 0 Å². The summed E-state index contributed by atoms with van der Waals surface area (Å²) in [7, 11) is -2.11. The van der Waals surface area contributed by atoms with Gasteiger partial charge in [-0.3, -0.25) is 9.11 Å². The van der Waals surface area contributed by atoms with Crippen LogP contribution < -0.4 is 0 Å². The molecule has 1 fully saturated rings. The van der Waals surface area contributed by atoms with E-state index in [1.54, 1.807) is 0 Å². The molecule has 0 aliphatic carbocycles. The summed E-state index contributed by atoms with van der Waals surface area (Å²) in [6, 6.07) is 0.280. The van der Waals surface area contributed by atoms with Crippen LogP contribution in [-0.4, -0.2) is 68.7 Å². The van der Waals surface area contributed by atoms with Gasteiger partial charge in [0.1, 0.15) is 0 Å². The van der Waals surface area contributed by atoms with Crippen LogP contribution in [0, 0.1) is 0 Å². The topological polar surface area (TPSA) is 49.8 Å². The summed E-state index contributed by atoms with van der Waals surface area (Å²) in [5.41, 5.74) is 0. The number of hydrogen-bond donors (Lipinski definition) is 1. The Bertz CT molecular complexity index is 308. The highest BCUT2D eigenvalue weighted by Crippen LogP contribution is 2.53. The Morgan fingerprint density at radius 1 is 1.33 bits per heavy atom. The molecule has 0 aromatic carbocycles. The fraction of sp³-hybridized carbons (Fsp3) is 1.00. The van der Waals surface area contributed by atoms with Crippen LogP contribution in [0.4, 0.5) is 4.53 Å². The summed E-state index contributed by atoms with van der Waals surface area (Å²) >= 11 is 0. The fourth-order valence-electron chi connectivity index (χ4n) is 1.61. The average Bonchev–Trinajstić information content (AvgIpc) is 2.41. The molecular formula is C14H32FNO3S2. The molecule has 21 heavy (non-hydrogen) atoms. The zero-order valence-corrected chi connectivity index (χ0v) is 15.9. The monoisotopic (exact) mass is 345 g/mol. The minimum atomic E-state index is -1.50. The van der Waals surface area contributed by atoms with Gasteiger partial charge in [-0.1, -0.05) is 38.0 Å². The normalized spacial score (nSPS) is 20.6. The summed E-state index contributed by atoms with van der Waals surface area (Å²) in [5, 5.41) is 9.03. The quantitative estimate of drug-likeness (QED) is 0.850. The highest BCUT2D eigenvalue weighted by atomic mass is 32.3. The van der Waals surface area contributed by atoms with Gasteiger partial charge in [0.2, 0.25) is 0 Å². The van der Waals surface area contributed by atoms with Crippen molar-refractivity contribution in [3.8, 4) is 0 Å². The van der Waals surface area contributed by atoms with Gasteiger partial charge in [0, 0.05) is 46.2 Å². The van der Waals surface area contributed by atoms with Crippen LogP contribution in [0.2, 0.25) is 0 Å². The van der Waals surface area contributed by atoms with E-state index in [4.69, 9.17) is 5.11 Å². The zero-order valence-electron chi connectivity index (χ0n) is 14.2. The molecule has 1 saturated heterocycles. The highest BCUT2D eigenvalue weighted by Gasteiger charge is 2.29. The summed E-state index contributed by atoms with van der Waals surface area (Å²) in [5.74, 6) is 1.55. The molecular weight excluding hydrogens is 313 g/mol. The number of hydrogen-bond acceptors (Lipinski definition) is 4. The number of rotatable bonds is 4. The number of aliphatic hydroxyl groups excluding tert-OH is 1. The van der Waals surface area contributed by atoms with Crippen molar-refractivity contribution in [3.63, 3.8) is 0 Å². The first-order chi connectivity index (χ1) is 9.59. The van der Waals surface area contributed by atoms with Gasteiger partial charge in [-0.25, -0.2) is 0 Å². The predicted molar refractivity (Wildman–Crippen MR) is 92.0 cm³/mol. The molecule has 1 unspecified atom stereocenters.